The van der Waals surface area contributed by atoms with Crippen molar-refractivity contribution in [1.82, 2.24) is 25.1 Å². The maximum atomic E-state index is 13.4. The van der Waals surface area contributed by atoms with Gasteiger partial charge >= 0.3 is 5.97 Å². The van der Waals surface area contributed by atoms with Gasteiger partial charge < -0.3 is 15.7 Å². The number of rotatable bonds is 7. The highest BCUT2D eigenvalue weighted by Gasteiger charge is 2.52. The lowest BCUT2D eigenvalue weighted by molar-refractivity contribution is -0.158. The number of fused-ring (bicyclic) bond motifs is 4. The van der Waals surface area contributed by atoms with Gasteiger partial charge in [-0.3, -0.25) is 14.3 Å². The fourth-order valence-corrected chi connectivity index (χ4v) is 5.60. The molecule has 3 aromatic rings. The molecule has 2 bridgehead atoms. The normalized spacial score (nSPS) is 23.4. The number of carboxylic acid groups (broad SMARTS) is 1. The predicted molar refractivity (Wildman–Crippen MR) is 128 cm³/mol. The molecule has 0 spiro atoms. The molecule has 35 heavy (non-hydrogen) atoms. The van der Waals surface area contributed by atoms with E-state index in [1.807, 2.05) is 0 Å². The molecule has 1 aromatic carbocycles. The number of hydrogen-bond acceptors (Lipinski definition) is 6. The van der Waals surface area contributed by atoms with E-state index in [0.29, 0.717) is 49.2 Å². The molecule has 3 aliphatic carbocycles. The van der Waals surface area contributed by atoms with Crippen molar-refractivity contribution in [1.29, 1.82) is 0 Å². The van der Waals surface area contributed by atoms with Gasteiger partial charge in [0.25, 0.3) is 5.91 Å². The lowest BCUT2D eigenvalue weighted by Gasteiger charge is -2.51. The average molecular weight is 501 g/mol. The Labute approximate surface area is 206 Å². The third-order valence-corrected chi connectivity index (χ3v) is 8.05. The number of aryl methyl sites for hydroxylation is 1. The average Bonchev–Trinajstić information content (AvgIpc) is 3.19. The Hall–Kier alpha value is -3.27. The fraction of sp³-hybridized carbons (Fsp3) is 0.458. The van der Waals surface area contributed by atoms with Crippen LogP contribution in [-0.2, 0) is 18.4 Å². The highest BCUT2D eigenvalue weighted by atomic mass is 35.5. The van der Waals surface area contributed by atoms with Crippen LogP contribution in [-0.4, -0.2) is 43.3 Å². The highest BCUT2D eigenvalue weighted by Crippen LogP contribution is 2.56. The molecule has 3 N–H and O–H groups in total. The Balaban J connectivity index is 1.30. The van der Waals surface area contributed by atoms with Crippen molar-refractivity contribution >= 4 is 40.3 Å². The number of halogens is 2. The molecule has 2 heterocycles. The van der Waals surface area contributed by atoms with Crippen LogP contribution < -0.4 is 10.6 Å². The smallest absolute Gasteiger partial charge is 0.309 e. The summed E-state index contributed by atoms with van der Waals surface area (Å²) in [4.78, 5) is 33.3. The summed E-state index contributed by atoms with van der Waals surface area (Å²) in [6.45, 7) is 0.844. The molecule has 1 amide bonds. The van der Waals surface area contributed by atoms with Crippen LogP contribution in [0.5, 0.6) is 0 Å². The van der Waals surface area contributed by atoms with Gasteiger partial charge in [0.15, 0.2) is 11.5 Å². The number of amides is 1. The molecular weight excluding hydrogens is 475 g/mol. The van der Waals surface area contributed by atoms with Gasteiger partial charge in [-0.05, 0) is 61.6 Å². The van der Waals surface area contributed by atoms with Crippen molar-refractivity contribution < 1.29 is 19.1 Å². The van der Waals surface area contributed by atoms with Crippen molar-refractivity contribution in [2.24, 2.45) is 17.9 Å². The summed E-state index contributed by atoms with van der Waals surface area (Å²) in [7, 11) is 1.74. The minimum absolute atomic E-state index is 0.0458. The van der Waals surface area contributed by atoms with Crippen LogP contribution in [0.4, 0.5) is 10.2 Å². The first-order valence-electron chi connectivity index (χ1n) is 11.6. The molecule has 2 aromatic heterocycles. The van der Waals surface area contributed by atoms with Gasteiger partial charge in [-0.2, -0.15) is 5.10 Å². The lowest BCUT2D eigenvalue weighted by atomic mass is 9.53. The molecule has 0 unspecified atom stereocenters. The van der Waals surface area contributed by atoms with Crippen LogP contribution in [0, 0.1) is 16.6 Å². The van der Waals surface area contributed by atoms with Crippen molar-refractivity contribution in [2.45, 2.75) is 45.1 Å². The molecular formula is C24H26ClFN6O3. The molecule has 0 radical (unpaired) electrons. The second-order valence-electron chi connectivity index (χ2n) is 9.76. The zero-order chi connectivity index (χ0) is 24.8. The van der Waals surface area contributed by atoms with E-state index in [1.165, 1.54) is 12.4 Å². The van der Waals surface area contributed by atoms with E-state index in [0.717, 1.165) is 24.8 Å². The number of aromatic nitrogens is 4. The third-order valence-electron chi connectivity index (χ3n) is 7.76. The summed E-state index contributed by atoms with van der Waals surface area (Å²) in [6, 6.07) is 4.49. The summed E-state index contributed by atoms with van der Waals surface area (Å²) < 4.78 is 15.0. The van der Waals surface area contributed by atoms with Crippen molar-refractivity contribution in [3.63, 3.8) is 0 Å². The Morgan fingerprint density at radius 1 is 1.14 bits per heavy atom. The van der Waals surface area contributed by atoms with Crippen LogP contribution in [0.3, 0.4) is 0 Å². The topological polar surface area (TPSA) is 122 Å². The summed E-state index contributed by atoms with van der Waals surface area (Å²) >= 11 is 5.87. The first-order valence-corrected chi connectivity index (χ1v) is 12.0. The number of carbonyl (C=O) groups excluding carboxylic acids is 1. The molecule has 0 aliphatic heterocycles. The van der Waals surface area contributed by atoms with Gasteiger partial charge in [0.05, 0.1) is 10.4 Å². The van der Waals surface area contributed by atoms with E-state index in [-0.39, 0.29) is 22.0 Å². The summed E-state index contributed by atoms with van der Waals surface area (Å²) in [5.41, 5.74) is 1.20. The van der Waals surface area contributed by atoms with Crippen LogP contribution in [0.2, 0.25) is 5.02 Å². The number of nitrogens with one attached hydrogen (secondary N) is 2. The summed E-state index contributed by atoms with van der Waals surface area (Å²) in [5, 5.41) is 20.4. The van der Waals surface area contributed by atoms with E-state index < -0.39 is 17.2 Å². The molecule has 3 aliphatic rings. The largest absolute Gasteiger partial charge is 0.481 e. The number of anilines is 1. The third kappa shape index (κ3) is 4.20. The second kappa shape index (κ2) is 8.75. The Morgan fingerprint density at radius 3 is 2.51 bits per heavy atom. The number of aliphatic carboxylic acids is 1. The van der Waals surface area contributed by atoms with Crippen LogP contribution >= 0.6 is 11.6 Å². The Bertz CT molecular complexity index is 1300. The minimum atomic E-state index is -0.694. The van der Waals surface area contributed by atoms with E-state index >= 15 is 0 Å². The quantitative estimate of drug-likeness (QED) is 0.449. The maximum absolute atomic E-state index is 13.4. The first kappa shape index (κ1) is 23.5. The number of carboxylic acids is 1. The zero-order valence-electron chi connectivity index (χ0n) is 19.3. The van der Waals surface area contributed by atoms with Gasteiger partial charge in [-0.1, -0.05) is 17.7 Å². The highest BCUT2D eigenvalue weighted by molar-refractivity contribution is 6.30. The SMILES string of the molecule is Cn1nc2c(C(=O)NCC34CCC(C(=O)O)(CC3)CC4)ncnc2c1NCc1ccc(F)c(Cl)c1. The van der Waals surface area contributed by atoms with E-state index in [4.69, 9.17) is 11.6 Å². The van der Waals surface area contributed by atoms with Crippen LogP contribution in [0.1, 0.15) is 54.6 Å². The molecule has 0 atom stereocenters. The minimum Gasteiger partial charge on any atom is -0.481 e. The van der Waals surface area contributed by atoms with Crippen molar-refractivity contribution in [3.05, 3.63) is 46.6 Å². The molecule has 0 saturated heterocycles. The predicted octanol–water partition coefficient (Wildman–Crippen LogP) is 3.92. The van der Waals surface area contributed by atoms with Crippen LogP contribution in [0.15, 0.2) is 24.5 Å². The number of nitrogens with zero attached hydrogens (tertiary/aromatic N) is 4. The lowest BCUT2D eigenvalue weighted by Crippen LogP contribution is -2.50. The van der Waals surface area contributed by atoms with Gasteiger partial charge in [0.1, 0.15) is 23.2 Å². The summed E-state index contributed by atoms with van der Waals surface area (Å²) in [6.07, 6.45) is 5.69. The number of carbonyl (C=O) groups is 2. The van der Waals surface area contributed by atoms with Crippen molar-refractivity contribution in [2.75, 3.05) is 11.9 Å². The first-order chi connectivity index (χ1) is 16.7. The molecule has 3 saturated carbocycles. The monoisotopic (exact) mass is 500 g/mol. The second-order valence-corrected chi connectivity index (χ2v) is 10.2. The Kier molecular flexibility index (Phi) is 5.86. The van der Waals surface area contributed by atoms with Gasteiger partial charge in [-0.15, -0.1) is 0 Å². The van der Waals surface area contributed by atoms with Gasteiger partial charge in [0.2, 0.25) is 0 Å². The van der Waals surface area contributed by atoms with E-state index in [2.05, 4.69) is 25.7 Å². The molecule has 9 nitrogen and oxygen atoms in total. The standard InChI is InChI=1S/C24H26ClFN6O3/c1-32-20(27-11-14-2-3-16(26)15(25)10-14)18-17(31-32)19(30-13-29-18)21(33)28-12-23-4-7-24(8-5-23,9-6-23)22(34)35/h2-3,10,13,27H,4-9,11-12H2,1H3,(H,28,33)(H,34,35). The van der Waals surface area contributed by atoms with E-state index in [9.17, 15) is 19.1 Å². The van der Waals surface area contributed by atoms with Gasteiger partial charge in [0, 0.05) is 20.1 Å². The van der Waals surface area contributed by atoms with Crippen molar-refractivity contribution in [3.8, 4) is 0 Å². The van der Waals surface area contributed by atoms with Crippen LogP contribution in [0.25, 0.3) is 11.0 Å². The van der Waals surface area contributed by atoms with E-state index in [1.54, 1.807) is 23.9 Å². The number of benzene rings is 1. The summed E-state index contributed by atoms with van der Waals surface area (Å²) in [5.74, 6) is -0.908. The zero-order valence-corrected chi connectivity index (χ0v) is 20.0. The molecule has 6 rings (SSSR count). The maximum Gasteiger partial charge on any atom is 0.309 e. The molecule has 11 heteroatoms. The molecule has 184 valence electrons. The number of hydrogen-bond donors (Lipinski definition) is 3. The molecule has 3 fully saturated rings. The van der Waals surface area contributed by atoms with Gasteiger partial charge in [-0.25, -0.2) is 14.4 Å². The Morgan fingerprint density at radius 2 is 1.86 bits per heavy atom. The fourth-order valence-electron chi connectivity index (χ4n) is 5.40.